The van der Waals surface area contributed by atoms with Crippen LogP contribution < -0.4 is 10.1 Å². The topological polar surface area (TPSA) is 21.3 Å². The van der Waals surface area contributed by atoms with E-state index in [0.29, 0.717) is 12.1 Å². The number of methoxy groups -OCH3 is 1. The van der Waals surface area contributed by atoms with Crippen LogP contribution in [0.3, 0.4) is 0 Å². The molecular weight excluding hydrogens is 430 g/mol. The number of rotatable bonds is 6. The molecule has 1 N–H and O–H groups in total. The zero-order chi connectivity index (χ0) is 23.6. The third-order valence-electron chi connectivity index (χ3n) is 5.71. The Bertz CT molecular complexity index is 1280. The zero-order valence-electron chi connectivity index (χ0n) is 18.2. The molecule has 0 radical (unpaired) electrons. The molecule has 0 heterocycles. The van der Waals surface area contributed by atoms with Crippen molar-refractivity contribution in [2.24, 2.45) is 0 Å². The third-order valence-corrected chi connectivity index (χ3v) is 5.71. The maximum atomic E-state index is 13.7. The summed E-state index contributed by atoms with van der Waals surface area (Å²) in [6.07, 6.45) is -4.41. The van der Waals surface area contributed by atoms with Gasteiger partial charge in [0.05, 0.1) is 12.7 Å². The van der Waals surface area contributed by atoms with Crippen molar-refractivity contribution in [3.8, 4) is 16.9 Å². The summed E-state index contributed by atoms with van der Waals surface area (Å²) < 4.78 is 58.6. The summed E-state index contributed by atoms with van der Waals surface area (Å²) in [5.41, 5.74) is 2.38. The van der Waals surface area contributed by atoms with Gasteiger partial charge >= 0.3 is 6.18 Å². The predicted octanol–water partition coefficient (Wildman–Crippen LogP) is 7.52. The van der Waals surface area contributed by atoms with Crippen molar-refractivity contribution in [3.05, 3.63) is 101 Å². The molecule has 0 aliphatic rings. The Kier molecular flexibility index (Phi) is 6.38. The van der Waals surface area contributed by atoms with E-state index in [2.05, 4.69) is 5.32 Å². The predicted molar refractivity (Wildman–Crippen MR) is 123 cm³/mol. The van der Waals surface area contributed by atoms with Crippen LogP contribution in [-0.4, -0.2) is 7.11 Å². The fourth-order valence-electron chi connectivity index (χ4n) is 3.91. The van der Waals surface area contributed by atoms with Gasteiger partial charge in [0.2, 0.25) is 0 Å². The fourth-order valence-corrected chi connectivity index (χ4v) is 3.91. The Morgan fingerprint density at radius 3 is 2.45 bits per heavy atom. The van der Waals surface area contributed by atoms with Crippen LogP contribution >= 0.6 is 0 Å². The maximum Gasteiger partial charge on any atom is 0.416 e. The first kappa shape index (κ1) is 22.8. The minimum Gasteiger partial charge on any atom is -0.494 e. The molecule has 4 aromatic rings. The Balaban J connectivity index is 1.66. The summed E-state index contributed by atoms with van der Waals surface area (Å²) in [6.45, 7) is 2.44. The SMILES string of the molecule is COc1cc(C(C)NCc2cc(-c3cccc(C(F)(F)F)c3)c3ccccc3c2)ccc1F. The smallest absolute Gasteiger partial charge is 0.416 e. The van der Waals surface area contributed by atoms with Crippen LogP contribution in [0.15, 0.2) is 78.9 Å². The number of alkyl halides is 3. The number of hydrogen-bond donors (Lipinski definition) is 1. The van der Waals surface area contributed by atoms with Gasteiger partial charge in [-0.15, -0.1) is 0 Å². The van der Waals surface area contributed by atoms with Crippen LogP contribution in [0, 0.1) is 5.82 Å². The van der Waals surface area contributed by atoms with E-state index < -0.39 is 17.6 Å². The lowest BCUT2D eigenvalue weighted by molar-refractivity contribution is -0.137. The second kappa shape index (κ2) is 9.24. The van der Waals surface area contributed by atoms with Crippen LogP contribution in [0.5, 0.6) is 5.75 Å². The summed E-state index contributed by atoms with van der Waals surface area (Å²) in [5, 5.41) is 5.24. The van der Waals surface area contributed by atoms with E-state index in [1.54, 1.807) is 18.2 Å². The molecular formula is C27H23F4NO. The molecule has 0 spiro atoms. The summed E-state index contributed by atoms with van der Waals surface area (Å²) in [4.78, 5) is 0. The first-order valence-electron chi connectivity index (χ1n) is 10.5. The zero-order valence-corrected chi connectivity index (χ0v) is 18.2. The van der Waals surface area contributed by atoms with E-state index in [-0.39, 0.29) is 11.8 Å². The van der Waals surface area contributed by atoms with Gasteiger partial charge in [-0.1, -0.05) is 42.5 Å². The third kappa shape index (κ3) is 5.01. The van der Waals surface area contributed by atoms with Gasteiger partial charge in [-0.3, -0.25) is 0 Å². The van der Waals surface area contributed by atoms with Crippen LogP contribution in [0.2, 0.25) is 0 Å². The Hall–Kier alpha value is -3.38. The number of ether oxygens (including phenoxy) is 1. The Morgan fingerprint density at radius 1 is 0.909 bits per heavy atom. The lowest BCUT2D eigenvalue weighted by atomic mass is 9.94. The molecule has 1 atom stereocenters. The average molecular weight is 453 g/mol. The van der Waals surface area contributed by atoms with E-state index in [1.807, 2.05) is 43.3 Å². The molecule has 170 valence electrons. The van der Waals surface area contributed by atoms with Crippen molar-refractivity contribution >= 4 is 10.8 Å². The van der Waals surface area contributed by atoms with Gasteiger partial charge < -0.3 is 10.1 Å². The van der Waals surface area contributed by atoms with E-state index in [4.69, 9.17) is 4.74 Å². The van der Waals surface area contributed by atoms with E-state index in [1.165, 1.54) is 25.3 Å². The molecule has 1 unspecified atom stereocenters. The first-order chi connectivity index (χ1) is 15.8. The second-order valence-electron chi connectivity index (χ2n) is 7.94. The maximum absolute atomic E-state index is 13.7. The molecule has 0 aliphatic heterocycles. The Morgan fingerprint density at radius 2 is 1.70 bits per heavy atom. The van der Waals surface area contributed by atoms with Crippen LogP contribution in [0.4, 0.5) is 17.6 Å². The van der Waals surface area contributed by atoms with Gasteiger partial charge in [-0.25, -0.2) is 4.39 Å². The van der Waals surface area contributed by atoms with Crippen LogP contribution in [0.1, 0.15) is 29.7 Å². The summed E-state index contributed by atoms with van der Waals surface area (Å²) in [7, 11) is 1.42. The highest BCUT2D eigenvalue weighted by Gasteiger charge is 2.30. The van der Waals surface area contributed by atoms with Gasteiger partial charge in [0.1, 0.15) is 0 Å². The molecule has 4 aromatic carbocycles. The van der Waals surface area contributed by atoms with Crippen molar-refractivity contribution in [1.29, 1.82) is 0 Å². The Labute approximate surface area is 189 Å². The fraction of sp³-hybridized carbons (Fsp3) is 0.185. The van der Waals surface area contributed by atoms with Crippen LogP contribution in [0.25, 0.3) is 21.9 Å². The largest absolute Gasteiger partial charge is 0.494 e. The minimum absolute atomic E-state index is 0.0945. The molecule has 33 heavy (non-hydrogen) atoms. The summed E-state index contributed by atoms with van der Waals surface area (Å²) in [5.74, 6) is -0.243. The van der Waals surface area contributed by atoms with Crippen molar-refractivity contribution in [3.63, 3.8) is 0 Å². The van der Waals surface area contributed by atoms with Crippen LogP contribution in [-0.2, 0) is 12.7 Å². The van der Waals surface area contributed by atoms with Gasteiger partial charge in [0, 0.05) is 12.6 Å². The molecule has 0 fully saturated rings. The quantitative estimate of drug-likeness (QED) is 0.305. The van der Waals surface area contributed by atoms with Crippen molar-refractivity contribution in [2.75, 3.05) is 7.11 Å². The van der Waals surface area contributed by atoms with E-state index in [0.717, 1.165) is 33.5 Å². The van der Waals surface area contributed by atoms with Crippen molar-refractivity contribution in [2.45, 2.75) is 25.7 Å². The van der Waals surface area contributed by atoms with E-state index >= 15 is 0 Å². The highest BCUT2D eigenvalue weighted by atomic mass is 19.4. The number of benzene rings is 4. The number of halogens is 4. The van der Waals surface area contributed by atoms with Gasteiger partial charge in [-0.2, -0.15) is 13.2 Å². The molecule has 0 aliphatic carbocycles. The van der Waals surface area contributed by atoms with Gasteiger partial charge in [0.25, 0.3) is 0 Å². The highest BCUT2D eigenvalue weighted by molar-refractivity contribution is 5.97. The van der Waals surface area contributed by atoms with Gasteiger partial charge in [-0.05, 0) is 76.3 Å². The normalized spacial score (nSPS) is 12.7. The lowest BCUT2D eigenvalue weighted by Crippen LogP contribution is -2.18. The van der Waals surface area contributed by atoms with Crippen molar-refractivity contribution in [1.82, 2.24) is 5.32 Å². The summed E-state index contributed by atoms with van der Waals surface area (Å²) >= 11 is 0. The number of nitrogens with one attached hydrogen (secondary N) is 1. The summed E-state index contributed by atoms with van der Waals surface area (Å²) in [6, 6.07) is 21.6. The standard InChI is InChI=1S/C27H23F4NO/c1-17(19-10-11-25(28)26(15-19)33-2)32-16-18-12-20-6-3-4-9-23(20)24(13-18)21-7-5-8-22(14-21)27(29,30)31/h3-15,17,32H,16H2,1-2H3. The lowest BCUT2D eigenvalue weighted by Gasteiger charge is -2.17. The molecule has 0 saturated heterocycles. The van der Waals surface area contributed by atoms with Crippen molar-refractivity contribution < 1.29 is 22.3 Å². The molecule has 0 bridgehead atoms. The molecule has 2 nitrogen and oxygen atoms in total. The highest BCUT2D eigenvalue weighted by Crippen LogP contribution is 2.35. The first-order valence-corrected chi connectivity index (χ1v) is 10.5. The van der Waals surface area contributed by atoms with Gasteiger partial charge in [0.15, 0.2) is 11.6 Å². The number of hydrogen-bond acceptors (Lipinski definition) is 2. The molecule has 0 amide bonds. The molecule has 6 heteroatoms. The van der Waals surface area contributed by atoms with E-state index in [9.17, 15) is 17.6 Å². The second-order valence-corrected chi connectivity index (χ2v) is 7.94. The molecule has 4 rings (SSSR count). The minimum atomic E-state index is -4.41. The monoisotopic (exact) mass is 453 g/mol. The average Bonchev–Trinajstić information content (AvgIpc) is 2.81. The number of fused-ring (bicyclic) bond motifs is 1. The molecule has 0 aromatic heterocycles. The molecule has 0 saturated carbocycles.